The molecule has 0 aromatic heterocycles. The number of rotatable bonds is 59. The second-order valence-electron chi connectivity index (χ2n) is 21.6. The molecule has 75 heavy (non-hydrogen) atoms. The SMILES string of the molecule is CC/C=C\C/C=C\C/C=C\C/C=C\C/C=C\CCCC(=O)OC[C@H](COC(=O)CCCCCCCCCCC/C=C\CCCCCCCC)OC(=O)CCCCCCCCCCCCCCCCCCCCCCC. The molecule has 0 radical (unpaired) electrons. The summed E-state index contributed by atoms with van der Waals surface area (Å²) in [7, 11) is 0. The lowest BCUT2D eigenvalue weighted by molar-refractivity contribution is -0.167. The maximum absolute atomic E-state index is 12.9. The molecule has 434 valence electrons. The lowest BCUT2D eigenvalue weighted by Crippen LogP contribution is -2.30. The van der Waals surface area contributed by atoms with E-state index in [1.807, 2.05) is 0 Å². The van der Waals surface area contributed by atoms with Gasteiger partial charge in [-0.25, -0.2) is 0 Å². The summed E-state index contributed by atoms with van der Waals surface area (Å²) in [6.07, 6.45) is 82.0. The molecule has 6 heteroatoms. The highest BCUT2D eigenvalue weighted by Crippen LogP contribution is 2.17. The van der Waals surface area contributed by atoms with Gasteiger partial charge in [-0.05, 0) is 83.5 Å². The molecule has 0 spiro atoms. The Morgan fingerprint density at radius 3 is 0.880 bits per heavy atom. The summed E-state index contributed by atoms with van der Waals surface area (Å²) in [5.74, 6) is -0.936. The third-order valence-electron chi connectivity index (χ3n) is 14.2. The lowest BCUT2D eigenvalue weighted by Gasteiger charge is -2.18. The molecule has 0 aliphatic rings. The Hall–Kier alpha value is -3.15. The summed E-state index contributed by atoms with van der Waals surface area (Å²) in [5, 5.41) is 0. The Labute approximate surface area is 465 Å². The average molecular weight is 1050 g/mol. The molecule has 0 heterocycles. The standard InChI is InChI=1S/C69H122O6/c1-4-7-10-13-16-19-22-25-28-31-33-34-36-39-42-45-48-51-54-57-60-63-69(72)75-66(64-73-67(70)61-58-55-52-49-46-43-40-37-30-27-24-21-18-15-12-9-6-3)65-74-68(71)62-59-56-53-50-47-44-41-38-35-32-29-26-23-20-17-14-11-8-5-2/h9,12,18,21,26-27,29-30,40,43,49,52,66H,4-8,10-11,13-17,19-20,22-25,28,31-39,41-42,44-48,50-51,53-65H2,1-3H3/b12-9-,21-18-,29-26-,30-27-,43-40-,52-49-/t66-/m1/s1. The van der Waals surface area contributed by atoms with Crippen molar-refractivity contribution >= 4 is 17.9 Å². The van der Waals surface area contributed by atoms with Crippen LogP contribution in [0.25, 0.3) is 0 Å². The van der Waals surface area contributed by atoms with Crippen LogP contribution in [0.4, 0.5) is 0 Å². The zero-order chi connectivity index (χ0) is 54.3. The fourth-order valence-corrected chi connectivity index (χ4v) is 9.36. The summed E-state index contributed by atoms with van der Waals surface area (Å²) in [4.78, 5) is 38.3. The molecule has 0 rings (SSSR count). The molecule has 0 N–H and O–H groups in total. The third-order valence-corrected chi connectivity index (χ3v) is 14.2. The van der Waals surface area contributed by atoms with Gasteiger partial charge in [-0.1, -0.05) is 299 Å². The largest absolute Gasteiger partial charge is 0.462 e. The molecule has 1 atom stereocenters. The molecule has 0 fully saturated rings. The van der Waals surface area contributed by atoms with Gasteiger partial charge in [-0.3, -0.25) is 14.4 Å². The van der Waals surface area contributed by atoms with Crippen LogP contribution >= 0.6 is 0 Å². The highest BCUT2D eigenvalue weighted by Gasteiger charge is 2.19. The van der Waals surface area contributed by atoms with Crippen LogP contribution in [0, 0.1) is 0 Å². The van der Waals surface area contributed by atoms with E-state index in [2.05, 4.69) is 93.7 Å². The molecule has 0 aromatic rings. The van der Waals surface area contributed by atoms with Crippen molar-refractivity contribution in [2.24, 2.45) is 0 Å². The van der Waals surface area contributed by atoms with E-state index in [0.717, 1.165) is 77.0 Å². The van der Waals surface area contributed by atoms with Crippen LogP contribution in [0.3, 0.4) is 0 Å². The smallest absolute Gasteiger partial charge is 0.306 e. The Bertz CT molecular complexity index is 1390. The third kappa shape index (κ3) is 61.6. The van der Waals surface area contributed by atoms with Gasteiger partial charge in [0, 0.05) is 19.3 Å². The van der Waals surface area contributed by atoms with Gasteiger partial charge in [0.2, 0.25) is 0 Å². The van der Waals surface area contributed by atoms with Gasteiger partial charge in [-0.2, -0.15) is 0 Å². The van der Waals surface area contributed by atoms with Crippen LogP contribution in [0.1, 0.15) is 329 Å². The number of hydrogen-bond donors (Lipinski definition) is 0. The van der Waals surface area contributed by atoms with E-state index in [1.54, 1.807) is 0 Å². The van der Waals surface area contributed by atoms with Gasteiger partial charge >= 0.3 is 17.9 Å². The van der Waals surface area contributed by atoms with Crippen molar-refractivity contribution in [3.8, 4) is 0 Å². The van der Waals surface area contributed by atoms with Gasteiger partial charge < -0.3 is 14.2 Å². The predicted molar refractivity (Wildman–Crippen MR) is 325 cm³/mol. The van der Waals surface area contributed by atoms with Gasteiger partial charge in [-0.15, -0.1) is 0 Å². The normalized spacial score (nSPS) is 12.5. The first-order chi connectivity index (χ1) is 37.0. The molecule has 0 amide bonds. The van der Waals surface area contributed by atoms with Crippen molar-refractivity contribution in [3.63, 3.8) is 0 Å². The van der Waals surface area contributed by atoms with E-state index >= 15 is 0 Å². The van der Waals surface area contributed by atoms with E-state index in [-0.39, 0.29) is 37.5 Å². The van der Waals surface area contributed by atoms with Crippen molar-refractivity contribution in [2.45, 2.75) is 335 Å². The molecule has 0 saturated heterocycles. The van der Waals surface area contributed by atoms with Crippen molar-refractivity contribution in [1.29, 1.82) is 0 Å². The minimum absolute atomic E-state index is 0.0912. The van der Waals surface area contributed by atoms with Crippen molar-refractivity contribution < 1.29 is 28.6 Å². The second-order valence-corrected chi connectivity index (χ2v) is 21.6. The van der Waals surface area contributed by atoms with Crippen LogP contribution in [0.15, 0.2) is 72.9 Å². The van der Waals surface area contributed by atoms with Gasteiger partial charge in [0.1, 0.15) is 13.2 Å². The summed E-state index contributed by atoms with van der Waals surface area (Å²) in [6.45, 7) is 6.52. The number of carbonyl (C=O) groups is 3. The first-order valence-corrected chi connectivity index (χ1v) is 32.4. The molecule has 0 aliphatic heterocycles. The number of hydrogen-bond acceptors (Lipinski definition) is 6. The molecule has 0 aromatic carbocycles. The van der Waals surface area contributed by atoms with Crippen LogP contribution < -0.4 is 0 Å². The number of carbonyl (C=O) groups excluding carboxylic acids is 3. The van der Waals surface area contributed by atoms with Crippen molar-refractivity contribution in [3.05, 3.63) is 72.9 Å². The van der Waals surface area contributed by atoms with Gasteiger partial charge in [0.25, 0.3) is 0 Å². The predicted octanol–water partition coefficient (Wildman–Crippen LogP) is 22.1. The topological polar surface area (TPSA) is 78.9 Å². The molecule has 6 nitrogen and oxygen atoms in total. The second kappa shape index (κ2) is 63.4. The maximum atomic E-state index is 12.9. The molecular formula is C69H122O6. The molecular weight excluding hydrogens is 925 g/mol. The van der Waals surface area contributed by atoms with E-state index in [9.17, 15) is 14.4 Å². The first-order valence-electron chi connectivity index (χ1n) is 32.4. The van der Waals surface area contributed by atoms with Gasteiger partial charge in [0.05, 0.1) is 0 Å². The minimum atomic E-state index is -0.799. The van der Waals surface area contributed by atoms with Crippen molar-refractivity contribution in [2.75, 3.05) is 13.2 Å². The highest BCUT2D eigenvalue weighted by molar-refractivity contribution is 5.71. The Balaban J connectivity index is 4.40. The summed E-state index contributed by atoms with van der Waals surface area (Å²) in [6, 6.07) is 0. The van der Waals surface area contributed by atoms with Crippen LogP contribution in [-0.4, -0.2) is 37.2 Å². The number of ether oxygens (including phenoxy) is 3. The number of esters is 3. The molecule has 0 unspecified atom stereocenters. The first kappa shape index (κ1) is 71.8. The average Bonchev–Trinajstić information content (AvgIpc) is 3.41. The van der Waals surface area contributed by atoms with Crippen LogP contribution in [-0.2, 0) is 28.6 Å². The van der Waals surface area contributed by atoms with Crippen molar-refractivity contribution in [1.82, 2.24) is 0 Å². The molecule has 0 aliphatic carbocycles. The summed E-state index contributed by atoms with van der Waals surface area (Å²) in [5.41, 5.74) is 0. The van der Waals surface area contributed by atoms with E-state index in [4.69, 9.17) is 14.2 Å². The minimum Gasteiger partial charge on any atom is -0.462 e. The summed E-state index contributed by atoms with van der Waals surface area (Å²) < 4.78 is 16.9. The fourth-order valence-electron chi connectivity index (χ4n) is 9.36. The lowest BCUT2D eigenvalue weighted by atomic mass is 10.0. The molecule has 0 saturated carbocycles. The number of allylic oxidation sites excluding steroid dienone is 12. The van der Waals surface area contributed by atoms with E-state index in [1.165, 1.54) is 205 Å². The Morgan fingerprint density at radius 2 is 0.533 bits per heavy atom. The molecule has 0 bridgehead atoms. The Kier molecular flexibility index (Phi) is 60.7. The van der Waals surface area contributed by atoms with Gasteiger partial charge in [0.15, 0.2) is 6.10 Å². The van der Waals surface area contributed by atoms with Crippen LogP contribution in [0.5, 0.6) is 0 Å². The van der Waals surface area contributed by atoms with E-state index < -0.39 is 6.10 Å². The highest BCUT2D eigenvalue weighted by atomic mass is 16.6. The monoisotopic (exact) mass is 1050 g/mol. The maximum Gasteiger partial charge on any atom is 0.306 e. The zero-order valence-electron chi connectivity index (χ0n) is 49.8. The summed E-state index contributed by atoms with van der Waals surface area (Å²) >= 11 is 0. The Morgan fingerprint density at radius 1 is 0.280 bits per heavy atom. The quantitative estimate of drug-likeness (QED) is 0.0261. The number of unbranched alkanes of at least 4 members (excludes halogenated alkanes) is 36. The fraction of sp³-hybridized carbons (Fsp3) is 0.783. The zero-order valence-corrected chi connectivity index (χ0v) is 49.8. The van der Waals surface area contributed by atoms with Crippen LogP contribution in [0.2, 0.25) is 0 Å². The van der Waals surface area contributed by atoms with E-state index in [0.29, 0.717) is 19.3 Å².